The molecule has 108 valence electrons. The Hall–Kier alpha value is -0.455. The highest BCUT2D eigenvalue weighted by molar-refractivity contribution is 6.21. The highest BCUT2D eigenvalue weighted by atomic mass is 14.4. The third-order valence-electron chi connectivity index (χ3n) is 5.41. The number of allylic oxidation sites excluding steroid dienone is 3. The van der Waals surface area contributed by atoms with Crippen molar-refractivity contribution >= 4 is 7.85 Å². The van der Waals surface area contributed by atoms with Crippen molar-refractivity contribution in [2.24, 2.45) is 11.3 Å². The fraction of sp³-hybridized carbons (Fsp3) is 0.778. The van der Waals surface area contributed by atoms with Gasteiger partial charge in [0.25, 0.3) is 0 Å². The second-order valence-corrected chi connectivity index (χ2v) is 7.20. The molecule has 0 aliphatic heterocycles. The molecule has 0 heterocycles. The van der Waals surface area contributed by atoms with E-state index in [0.29, 0.717) is 5.41 Å². The molecular weight excluding hydrogens is 227 g/mol. The summed E-state index contributed by atoms with van der Waals surface area (Å²) in [7, 11) is 2.34. The standard InChI is InChI=1S/C18H33B/c1-6-7-16-8-9-17(19)15(4)11-13-18(16,5)12-10-14(2)3/h16H,2,6-13,19H2,1,3-5H3/b17-15-. The summed E-state index contributed by atoms with van der Waals surface area (Å²) in [5, 5.41) is 0. The maximum atomic E-state index is 4.10. The average molecular weight is 260 g/mol. The Kier molecular flexibility index (Phi) is 6.43. The van der Waals surface area contributed by atoms with Gasteiger partial charge >= 0.3 is 0 Å². The van der Waals surface area contributed by atoms with E-state index in [1.165, 1.54) is 56.9 Å². The van der Waals surface area contributed by atoms with Crippen LogP contribution < -0.4 is 0 Å². The fourth-order valence-electron chi connectivity index (χ4n) is 3.51. The molecule has 2 atom stereocenters. The molecule has 0 fully saturated rings. The molecule has 0 nitrogen and oxygen atoms in total. The molecule has 19 heavy (non-hydrogen) atoms. The molecule has 1 heteroatoms. The molecule has 0 aromatic rings. The first-order valence-corrected chi connectivity index (χ1v) is 8.18. The minimum absolute atomic E-state index is 0.525. The van der Waals surface area contributed by atoms with Crippen LogP contribution in [0.25, 0.3) is 0 Å². The SMILES string of the molecule is B/C1=C(/C)CCC(C)(CCC(=C)C)C(CCC)CC1. The summed E-state index contributed by atoms with van der Waals surface area (Å²) >= 11 is 0. The zero-order chi connectivity index (χ0) is 14.5. The lowest BCUT2D eigenvalue weighted by Crippen LogP contribution is -2.29. The zero-order valence-corrected chi connectivity index (χ0v) is 13.9. The summed E-state index contributed by atoms with van der Waals surface area (Å²) in [5.74, 6) is 0.903. The highest BCUT2D eigenvalue weighted by Gasteiger charge is 2.33. The maximum Gasteiger partial charge on any atom is 0.133 e. The first kappa shape index (κ1) is 16.6. The van der Waals surface area contributed by atoms with Gasteiger partial charge in [0.2, 0.25) is 0 Å². The van der Waals surface area contributed by atoms with Gasteiger partial charge in [-0.15, -0.1) is 12.1 Å². The topological polar surface area (TPSA) is 0 Å². The second kappa shape index (κ2) is 7.36. The average Bonchev–Trinajstić information content (AvgIpc) is 2.37. The van der Waals surface area contributed by atoms with Crippen LogP contribution in [0.1, 0.15) is 79.1 Å². The van der Waals surface area contributed by atoms with Crippen molar-refractivity contribution in [2.45, 2.75) is 79.1 Å². The molecule has 0 saturated carbocycles. The van der Waals surface area contributed by atoms with Gasteiger partial charge in [0.15, 0.2) is 0 Å². The van der Waals surface area contributed by atoms with Crippen LogP contribution in [0.5, 0.6) is 0 Å². The van der Waals surface area contributed by atoms with E-state index >= 15 is 0 Å². The van der Waals surface area contributed by atoms with Crippen LogP contribution >= 0.6 is 0 Å². The first-order chi connectivity index (χ1) is 8.89. The fourth-order valence-corrected chi connectivity index (χ4v) is 3.51. The molecule has 0 radical (unpaired) electrons. The molecule has 1 aliphatic carbocycles. The van der Waals surface area contributed by atoms with Crippen LogP contribution in [0.2, 0.25) is 0 Å². The molecule has 0 aromatic heterocycles. The van der Waals surface area contributed by atoms with Crippen molar-refractivity contribution in [2.75, 3.05) is 0 Å². The van der Waals surface area contributed by atoms with Crippen LogP contribution in [0, 0.1) is 11.3 Å². The Morgan fingerprint density at radius 1 is 1.42 bits per heavy atom. The monoisotopic (exact) mass is 260 g/mol. The van der Waals surface area contributed by atoms with Gasteiger partial charge in [0, 0.05) is 0 Å². The predicted molar refractivity (Wildman–Crippen MR) is 90.3 cm³/mol. The van der Waals surface area contributed by atoms with E-state index in [4.69, 9.17) is 0 Å². The molecule has 0 bridgehead atoms. The third-order valence-corrected chi connectivity index (χ3v) is 5.41. The summed E-state index contributed by atoms with van der Waals surface area (Å²) in [5.41, 5.74) is 5.18. The molecule has 1 rings (SSSR count). The second-order valence-electron chi connectivity index (χ2n) is 7.20. The number of hydrogen-bond acceptors (Lipinski definition) is 0. The molecule has 0 aromatic carbocycles. The molecular formula is C18H33B. The van der Waals surface area contributed by atoms with Gasteiger partial charge in [-0.2, -0.15) is 0 Å². The van der Waals surface area contributed by atoms with E-state index in [-0.39, 0.29) is 0 Å². The van der Waals surface area contributed by atoms with Crippen LogP contribution in [-0.2, 0) is 0 Å². The molecule has 2 unspecified atom stereocenters. The van der Waals surface area contributed by atoms with E-state index in [1.807, 2.05) is 0 Å². The Morgan fingerprint density at radius 3 is 2.68 bits per heavy atom. The summed E-state index contributed by atoms with van der Waals surface area (Å²) < 4.78 is 0. The Labute approximate surface area is 122 Å². The van der Waals surface area contributed by atoms with Crippen LogP contribution in [-0.4, -0.2) is 7.85 Å². The van der Waals surface area contributed by atoms with Crippen molar-refractivity contribution in [3.05, 3.63) is 23.2 Å². The van der Waals surface area contributed by atoms with Crippen molar-refractivity contribution in [3.63, 3.8) is 0 Å². The maximum absolute atomic E-state index is 4.10. The molecule has 0 amide bonds. The third kappa shape index (κ3) is 4.86. The Bertz CT molecular complexity index is 340. The van der Waals surface area contributed by atoms with Gasteiger partial charge in [0.1, 0.15) is 7.85 Å². The van der Waals surface area contributed by atoms with Crippen LogP contribution in [0.15, 0.2) is 23.2 Å². The van der Waals surface area contributed by atoms with E-state index < -0.39 is 0 Å². The van der Waals surface area contributed by atoms with E-state index in [1.54, 1.807) is 11.0 Å². The Balaban J connectivity index is 2.85. The summed E-state index contributed by atoms with van der Waals surface area (Å²) in [6.07, 6.45) is 10.7. The van der Waals surface area contributed by atoms with Crippen molar-refractivity contribution < 1.29 is 0 Å². The molecule has 1 aliphatic rings. The largest absolute Gasteiger partial charge is 0.133 e. The molecule has 0 N–H and O–H groups in total. The summed E-state index contributed by atoms with van der Waals surface area (Å²) in [6.45, 7) is 13.5. The lowest BCUT2D eigenvalue weighted by atomic mass is 9.64. The quantitative estimate of drug-likeness (QED) is 0.468. The van der Waals surface area contributed by atoms with Crippen molar-refractivity contribution in [1.29, 1.82) is 0 Å². The zero-order valence-electron chi connectivity index (χ0n) is 13.9. The molecule has 0 spiro atoms. The van der Waals surface area contributed by atoms with Gasteiger partial charge in [-0.1, -0.05) is 37.8 Å². The molecule has 0 saturated heterocycles. The highest BCUT2D eigenvalue weighted by Crippen LogP contribution is 2.45. The summed E-state index contributed by atoms with van der Waals surface area (Å²) in [6, 6.07) is 0. The minimum Gasteiger partial charge on any atom is -0.111 e. The predicted octanol–water partition coefficient (Wildman–Crippen LogP) is 5.25. The van der Waals surface area contributed by atoms with E-state index in [0.717, 1.165) is 5.92 Å². The van der Waals surface area contributed by atoms with E-state index in [2.05, 4.69) is 42.1 Å². The van der Waals surface area contributed by atoms with Gasteiger partial charge in [-0.3, -0.25) is 0 Å². The smallest absolute Gasteiger partial charge is 0.111 e. The van der Waals surface area contributed by atoms with Crippen LogP contribution in [0.3, 0.4) is 0 Å². The van der Waals surface area contributed by atoms with E-state index in [9.17, 15) is 0 Å². The number of hydrogen-bond donors (Lipinski definition) is 0. The lowest BCUT2D eigenvalue weighted by molar-refractivity contribution is 0.130. The van der Waals surface area contributed by atoms with Gasteiger partial charge in [-0.05, 0) is 63.7 Å². The first-order valence-electron chi connectivity index (χ1n) is 8.18. The normalized spacial score (nSPS) is 32.7. The van der Waals surface area contributed by atoms with Crippen molar-refractivity contribution in [3.8, 4) is 0 Å². The van der Waals surface area contributed by atoms with Crippen LogP contribution in [0.4, 0.5) is 0 Å². The minimum atomic E-state index is 0.525. The van der Waals surface area contributed by atoms with Gasteiger partial charge in [-0.25, -0.2) is 0 Å². The van der Waals surface area contributed by atoms with Crippen molar-refractivity contribution in [1.82, 2.24) is 0 Å². The summed E-state index contributed by atoms with van der Waals surface area (Å²) in [4.78, 5) is 0. The van der Waals surface area contributed by atoms with Gasteiger partial charge in [0.05, 0.1) is 0 Å². The lowest BCUT2D eigenvalue weighted by Gasteiger charge is -2.40. The Morgan fingerprint density at radius 2 is 2.11 bits per heavy atom. The van der Waals surface area contributed by atoms with Gasteiger partial charge < -0.3 is 0 Å². The number of rotatable bonds is 5.